The van der Waals surface area contributed by atoms with E-state index >= 15 is 0 Å². The third-order valence-corrected chi connectivity index (χ3v) is 8.06. The lowest BCUT2D eigenvalue weighted by Gasteiger charge is -2.46. The molecule has 2 aliphatic rings. The van der Waals surface area contributed by atoms with E-state index in [1.54, 1.807) is 29.2 Å². The molecule has 0 aromatic heterocycles. The van der Waals surface area contributed by atoms with Crippen LogP contribution < -0.4 is 5.32 Å². The average molecular weight is 539 g/mol. The van der Waals surface area contributed by atoms with Gasteiger partial charge in [-0.05, 0) is 73.8 Å². The molecule has 1 aliphatic heterocycles. The number of carbonyl (C=O) groups is 2. The third-order valence-electron chi connectivity index (χ3n) is 8.06. The lowest BCUT2D eigenvalue weighted by atomic mass is 9.69. The van der Waals surface area contributed by atoms with Crippen molar-refractivity contribution in [3.8, 4) is 6.07 Å². The summed E-state index contributed by atoms with van der Waals surface area (Å²) >= 11 is 0. The number of nitriles is 1. The Kier molecular flexibility index (Phi) is 7.61. The van der Waals surface area contributed by atoms with Gasteiger partial charge < -0.3 is 10.2 Å². The van der Waals surface area contributed by atoms with E-state index in [9.17, 15) is 22.8 Å². The zero-order chi connectivity index (χ0) is 28.6. The Morgan fingerprint density at radius 2 is 1.69 bits per heavy atom. The van der Waals surface area contributed by atoms with Crippen molar-refractivity contribution in [3.63, 3.8) is 0 Å². The highest BCUT2D eigenvalue weighted by atomic mass is 19.4. The first-order chi connectivity index (χ1) is 18.3. The largest absolute Gasteiger partial charge is 0.416 e. The van der Waals surface area contributed by atoms with Gasteiger partial charge in [0.2, 0.25) is 0 Å². The lowest BCUT2D eigenvalue weighted by Crippen LogP contribution is -2.50. The molecule has 1 spiro atoms. The quantitative estimate of drug-likeness (QED) is 0.455. The summed E-state index contributed by atoms with van der Waals surface area (Å²) < 4.78 is 39.4. The lowest BCUT2D eigenvalue weighted by molar-refractivity contribution is -0.137. The van der Waals surface area contributed by atoms with Crippen molar-refractivity contribution < 1.29 is 22.8 Å². The van der Waals surface area contributed by atoms with E-state index < -0.39 is 23.4 Å². The van der Waals surface area contributed by atoms with Gasteiger partial charge in [-0.15, -0.1) is 0 Å². The fourth-order valence-corrected chi connectivity index (χ4v) is 5.74. The predicted octanol–water partition coefficient (Wildman–Crippen LogP) is 6.28. The van der Waals surface area contributed by atoms with Gasteiger partial charge in [-0.25, -0.2) is 0 Å². The van der Waals surface area contributed by atoms with Crippen LogP contribution in [0.15, 0.2) is 53.5 Å². The second-order valence-corrected chi connectivity index (χ2v) is 11.5. The van der Waals surface area contributed by atoms with Crippen molar-refractivity contribution in [2.24, 2.45) is 16.3 Å². The molecule has 1 fully saturated rings. The highest BCUT2D eigenvalue weighted by Crippen LogP contribution is 2.49. The predicted molar refractivity (Wildman–Crippen MR) is 142 cm³/mol. The van der Waals surface area contributed by atoms with Crippen molar-refractivity contribution in [2.75, 3.05) is 6.54 Å². The molecular formula is C30H33F3N4O2. The van der Waals surface area contributed by atoms with Crippen LogP contribution in [0.5, 0.6) is 0 Å². The minimum atomic E-state index is -4.47. The first-order valence-electron chi connectivity index (χ1n) is 13.1. The molecule has 1 saturated carbocycles. The SMILES string of the molecule is CC(c1ccc(C(=O)NCC#N)cc1)N1C(=O)C(c2ccc(C(F)(F)F)cc2)=NC12CCC(C(C)(C)C)CC2. The molecule has 6 nitrogen and oxygen atoms in total. The molecule has 39 heavy (non-hydrogen) atoms. The number of hydrogen-bond donors (Lipinski definition) is 1. The molecule has 1 aliphatic carbocycles. The van der Waals surface area contributed by atoms with E-state index in [0.717, 1.165) is 30.5 Å². The van der Waals surface area contributed by atoms with Gasteiger partial charge in [0.05, 0.1) is 17.7 Å². The van der Waals surface area contributed by atoms with E-state index in [-0.39, 0.29) is 29.5 Å². The van der Waals surface area contributed by atoms with Crippen LogP contribution >= 0.6 is 0 Å². The molecule has 0 saturated heterocycles. The van der Waals surface area contributed by atoms with Crippen LogP contribution in [0.3, 0.4) is 0 Å². The van der Waals surface area contributed by atoms with Crippen LogP contribution in [0, 0.1) is 22.7 Å². The Morgan fingerprint density at radius 1 is 1.10 bits per heavy atom. The Bertz CT molecular complexity index is 1290. The van der Waals surface area contributed by atoms with Gasteiger partial charge in [0.1, 0.15) is 17.9 Å². The fourth-order valence-electron chi connectivity index (χ4n) is 5.74. The van der Waals surface area contributed by atoms with Crippen LogP contribution in [0.2, 0.25) is 0 Å². The van der Waals surface area contributed by atoms with Crippen molar-refractivity contribution >= 4 is 17.5 Å². The first kappa shape index (κ1) is 28.3. The molecule has 2 amide bonds. The normalized spacial score (nSPS) is 22.4. The van der Waals surface area contributed by atoms with Gasteiger partial charge in [0.25, 0.3) is 11.8 Å². The number of benzene rings is 2. The fraction of sp³-hybridized carbons (Fsp3) is 0.467. The summed E-state index contributed by atoms with van der Waals surface area (Å²) in [4.78, 5) is 32.9. The smallest absolute Gasteiger partial charge is 0.339 e. The van der Waals surface area contributed by atoms with Crippen molar-refractivity contribution in [1.82, 2.24) is 10.2 Å². The molecule has 4 rings (SSSR count). The number of rotatable bonds is 5. The summed E-state index contributed by atoms with van der Waals surface area (Å²) in [6.45, 7) is 8.44. The summed E-state index contributed by atoms with van der Waals surface area (Å²) in [5.41, 5.74) is 0.294. The van der Waals surface area contributed by atoms with E-state index in [2.05, 4.69) is 26.1 Å². The number of halogens is 3. The van der Waals surface area contributed by atoms with Gasteiger partial charge in [-0.2, -0.15) is 18.4 Å². The molecule has 2 aromatic rings. The molecule has 1 heterocycles. The summed E-state index contributed by atoms with van der Waals surface area (Å²) in [6.07, 6.45) is -1.40. The summed E-state index contributed by atoms with van der Waals surface area (Å²) in [5, 5.41) is 11.2. The van der Waals surface area contributed by atoms with Crippen molar-refractivity contribution in [2.45, 2.75) is 71.3 Å². The van der Waals surface area contributed by atoms with Crippen LogP contribution in [0.4, 0.5) is 13.2 Å². The van der Waals surface area contributed by atoms with Gasteiger partial charge in [0, 0.05) is 11.1 Å². The number of nitrogens with zero attached hydrogens (tertiary/aromatic N) is 3. The summed E-state index contributed by atoms with van der Waals surface area (Å²) in [5.74, 6) is -0.211. The molecule has 0 radical (unpaired) electrons. The third kappa shape index (κ3) is 5.70. The van der Waals surface area contributed by atoms with E-state index in [1.807, 2.05) is 13.0 Å². The Morgan fingerprint density at radius 3 is 2.21 bits per heavy atom. The van der Waals surface area contributed by atoms with Gasteiger partial charge in [-0.1, -0.05) is 45.0 Å². The average Bonchev–Trinajstić information content (AvgIpc) is 3.17. The van der Waals surface area contributed by atoms with Gasteiger partial charge in [-0.3, -0.25) is 14.6 Å². The Hall–Kier alpha value is -3.67. The van der Waals surface area contributed by atoms with Crippen LogP contribution in [0.1, 0.15) is 86.5 Å². The number of carbonyl (C=O) groups excluding carboxylic acids is 2. The highest BCUT2D eigenvalue weighted by molar-refractivity contribution is 6.46. The maximum atomic E-state index is 13.9. The van der Waals surface area contributed by atoms with Crippen molar-refractivity contribution in [3.05, 3.63) is 70.8 Å². The highest BCUT2D eigenvalue weighted by Gasteiger charge is 2.52. The number of hydrogen-bond acceptors (Lipinski definition) is 4. The number of nitrogens with one attached hydrogen (secondary N) is 1. The summed E-state index contributed by atoms with van der Waals surface area (Å²) in [7, 11) is 0. The molecule has 0 bridgehead atoms. The minimum Gasteiger partial charge on any atom is -0.339 e. The number of amides is 2. The van der Waals surface area contributed by atoms with Crippen LogP contribution in [0.25, 0.3) is 0 Å². The second-order valence-electron chi connectivity index (χ2n) is 11.5. The van der Waals surface area contributed by atoms with E-state index in [4.69, 9.17) is 10.3 Å². The zero-order valence-corrected chi connectivity index (χ0v) is 22.6. The molecule has 1 N–H and O–H groups in total. The van der Waals surface area contributed by atoms with Gasteiger partial charge in [0.15, 0.2) is 0 Å². The second kappa shape index (κ2) is 10.5. The zero-order valence-electron chi connectivity index (χ0n) is 22.6. The monoisotopic (exact) mass is 538 g/mol. The molecule has 1 unspecified atom stereocenters. The Labute approximate surface area is 226 Å². The molecular weight excluding hydrogens is 505 g/mol. The minimum absolute atomic E-state index is 0.0958. The number of alkyl halides is 3. The first-order valence-corrected chi connectivity index (χ1v) is 13.1. The van der Waals surface area contributed by atoms with E-state index in [0.29, 0.717) is 29.9 Å². The van der Waals surface area contributed by atoms with Crippen LogP contribution in [-0.2, 0) is 11.0 Å². The topological polar surface area (TPSA) is 85.6 Å². The molecule has 1 atom stereocenters. The number of aliphatic imine (C=N–C) groups is 1. The molecule has 206 valence electrons. The Balaban J connectivity index is 1.67. The van der Waals surface area contributed by atoms with Gasteiger partial charge >= 0.3 is 6.18 Å². The maximum Gasteiger partial charge on any atom is 0.416 e. The molecule has 9 heteroatoms. The van der Waals surface area contributed by atoms with Crippen molar-refractivity contribution in [1.29, 1.82) is 5.26 Å². The molecule has 2 aromatic carbocycles. The standard InChI is InChI=1S/C30H33F3N4O2/c1-19(20-5-7-22(8-6-20)26(38)35-18-17-34)37-27(39)25(21-9-11-24(12-10-21)30(31,32)33)36-29(37)15-13-23(14-16-29)28(2,3)4/h5-12,19,23H,13-16,18H2,1-4H3,(H,35,38). The maximum absolute atomic E-state index is 13.9. The summed E-state index contributed by atoms with van der Waals surface area (Å²) in [6, 6.07) is 12.9. The van der Waals surface area contributed by atoms with Crippen LogP contribution in [-0.4, -0.2) is 34.6 Å². The van der Waals surface area contributed by atoms with E-state index in [1.165, 1.54) is 12.1 Å².